The van der Waals surface area contributed by atoms with Crippen LogP contribution in [-0.4, -0.2) is 40.8 Å². The number of halogens is 1. The molecule has 1 saturated carbocycles. The van der Waals surface area contributed by atoms with Crippen molar-refractivity contribution in [3.05, 3.63) is 5.28 Å². The highest BCUT2D eigenvalue weighted by Crippen LogP contribution is 2.24. The molecule has 2 atom stereocenters. The van der Waals surface area contributed by atoms with Gasteiger partial charge in [-0.2, -0.15) is 15.0 Å². The van der Waals surface area contributed by atoms with Crippen LogP contribution in [0.5, 0.6) is 6.01 Å². The minimum absolute atomic E-state index is 0.128. The second-order valence-electron chi connectivity index (χ2n) is 4.10. The number of nitrogens with one attached hydrogen (secondary N) is 1. The van der Waals surface area contributed by atoms with E-state index in [0.29, 0.717) is 12.6 Å². The molecule has 1 aliphatic carbocycles. The van der Waals surface area contributed by atoms with Gasteiger partial charge in [-0.3, -0.25) is 0 Å². The first-order valence-electron chi connectivity index (χ1n) is 6.06. The molecule has 18 heavy (non-hydrogen) atoms. The van der Waals surface area contributed by atoms with E-state index in [1.54, 1.807) is 7.11 Å². The van der Waals surface area contributed by atoms with Crippen molar-refractivity contribution in [2.45, 2.75) is 38.3 Å². The van der Waals surface area contributed by atoms with Crippen LogP contribution in [0.4, 0.5) is 5.95 Å². The van der Waals surface area contributed by atoms with Crippen LogP contribution in [0.15, 0.2) is 0 Å². The quantitative estimate of drug-likeness (QED) is 0.883. The molecule has 0 saturated heterocycles. The van der Waals surface area contributed by atoms with E-state index >= 15 is 0 Å². The lowest BCUT2D eigenvalue weighted by Crippen LogP contribution is -2.30. The van der Waals surface area contributed by atoms with Crippen LogP contribution in [0, 0.1) is 0 Å². The summed E-state index contributed by atoms with van der Waals surface area (Å²) in [6.45, 7) is 2.35. The molecular formula is C11H17ClN4O2. The molecule has 0 aromatic carbocycles. The molecule has 1 aromatic rings. The SMILES string of the molecule is CCOc1nc(Cl)nc(NC2CCCC2OC)n1. The molecule has 1 N–H and O–H groups in total. The monoisotopic (exact) mass is 272 g/mol. The van der Waals surface area contributed by atoms with Gasteiger partial charge in [0.05, 0.1) is 18.8 Å². The summed E-state index contributed by atoms with van der Waals surface area (Å²) in [5, 5.41) is 3.36. The maximum Gasteiger partial charge on any atom is 0.322 e. The first-order valence-corrected chi connectivity index (χ1v) is 6.44. The summed E-state index contributed by atoms with van der Waals surface area (Å²) in [6, 6.07) is 0.454. The van der Waals surface area contributed by atoms with Gasteiger partial charge in [0.15, 0.2) is 0 Å². The highest BCUT2D eigenvalue weighted by molar-refractivity contribution is 6.28. The normalized spacial score (nSPS) is 23.1. The van der Waals surface area contributed by atoms with Crippen LogP contribution in [0.3, 0.4) is 0 Å². The topological polar surface area (TPSA) is 69.2 Å². The van der Waals surface area contributed by atoms with Crippen molar-refractivity contribution in [3.8, 4) is 6.01 Å². The lowest BCUT2D eigenvalue weighted by atomic mass is 10.2. The Morgan fingerprint density at radius 3 is 2.89 bits per heavy atom. The zero-order valence-corrected chi connectivity index (χ0v) is 11.3. The van der Waals surface area contributed by atoms with E-state index in [0.717, 1.165) is 19.3 Å². The lowest BCUT2D eigenvalue weighted by molar-refractivity contribution is 0.101. The standard InChI is InChI=1S/C11H17ClN4O2/c1-3-18-11-15-9(12)14-10(16-11)13-7-5-4-6-8(7)17-2/h7-8H,3-6H2,1-2H3,(H,13,14,15,16). The Hall–Kier alpha value is -1.14. The molecule has 1 fully saturated rings. The van der Waals surface area contributed by atoms with Crippen molar-refractivity contribution in [2.24, 2.45) is 0 Å². The number of anilines is 1. The van der Waals surface area contributed by atoms with Crippen molar-refractivity contribution < 1.29 is 9.47 Å². The molecule has 7 heteroatoms. The molecular weight excluding hydrogens is 256 g/mol. The average Bonchev–Trinajstić information content (AvgIpc) is 2.76. The molecule has 0 aliphatic heterocycles. The molecule has 0 bridgehead atoms. The van der Waals surface area contributed by atoms with E-state index in [9.17, 15) is 0 Å². The summed E-state index contributed by atoms with van der Waals surface area (Å²) in [7, 11) is 1.72. The lowest BCUT2D eigenvalue weighted by Gasteiger charge is -2.19. The van der Waals surface area contributed by atoms with Crippen molar-refractivity contribution in [3.63, 3.8) is 0 Å². The van der Waals surface area contributed by atoms with Crippen molar-refractivity contribution in [1.29, 1.82) is 0 Å². The van der Waals surface area contributed by atoms with Gasteiger partial charge in [-0.05, 0) is 37.8 Å². The summed E-state index contributed by atoms with van der Waals surface area (Å²) >= 11 is 5.83. The van der Waals surface area contributed by atoms with E-state index in [-0.39, 0.29) is 23.4 Å². The van der Waals surface area contributed by atoms with Crippen LogP contribution in [0.25, 0.3) is 0 Å². The first kappa shape index (κ1) is 13.3. The number of nitrogens with zero attached hydrogens (tertiary/aromatic N) is 3. The van der Waals surface area contributed by atoms with Gasteiger partial charge in [-0.15, -0.1) is 0 Å². The van der Waals surface area contributed by atoms with E-state index in [1.807, 2.05) is 6.92 Å². The first-order chi connectivity index (χ1) is 8.72. The Morgan fingerprint density at radius 2 is 2.17 bits per heavy atom. The van der Waals surface area contributed by atoms with E-state index in [1.165, 1.54) is 0 Å². The maximum atomic E-state index is 5.83. The minimum Gasteiger partial charge on any atom is -0.464 e. The van der Waals surface area contributed by atoms with Gasteiger partial charge in [0.2, 0.25) is 11.2 Å². The van der Waals surface area contributed by atoms with Crippen LogP contribution >= 0.6 is 11.6 Å². The molecule has 0 radical (unpaired) electrons. The summed E-state index contributed by atoms with van der Waals surface area (Å²) in [4.78, 5) is 12.1. The van der Waals surface area contributed by atoms with E-state index in [4.69, 9.17) is 21.1 Å². The van der Waals surface area contributed by atoms with Gasteiger partial charge in [-0.25, -0.2) is 0 Å². The molecule has 100 valence electrons. The van der Waals surface area contributed by atoms with Gasteiger partial charge in [-0.1, -0.05) is 0 Å². The van der Waals surface area contributed by atoms with Crippen molar-refractivity contribution in [1.82, 2.24) is 15.0 Å². The summed E-state index contributed by atoms with van der Waals surface area (Å²) in [6.07, 6.45) is 3.40. The zero-order valence-electron chi connectivity index (χ0n) is 10.5. The zero-order chi connectivity index (χ0) is 13.0. The summed E-state index contributed by atoms with van der Waals surface area (Å²) < 4.78 is 10.6. The van der Waals surface area contributed by atoms with Crippen LogP contribution in [0.1, 0.15) is 26.2 Å². The molecule has 0 amide bonds. The molecule has 0 spiro atoms. The van der Waals surface area contributed by atoms with Gasteiger partial charge in [0.1, 0.15) is 0 Å². The Morgan fingerprint density at radius 1 is 1.33 bits per heavy atom. The minimum atomic E-state index is 0.128. The highest BCUT2D eigenvalue weighted by atomic mass is 35.5. The second-order valence-corrected chi connectivity index (χ2v) is 4.44. The average molecular weight is 273 g/mol. The van der Waals surface area contributed by atoms with Crippen LogP contribution < -0.4 is 10.1 Å². The highest BCUT2D eigenvalue weighted by Gasteiger charge is 2.27. The Labute approximate surface area is 111 Å². The number of rotatable bonds is 5. The Bertz CT molecular complexity index is 405. The molecule has 1 heterocycles. The molecule has 2 rings (SSSR count). The number of aromatic nitrogens is 3. The number of hydrogen-bond donors (Lipinski definition) is 1. The third-order valence-corrected chi connectivity index (χ3v) is 3.10. The predicted octanol–water partition coefficient (Wildman–Crippen LogP) is 1.90. The van der Waals surface area contributed by atoms with Gasteiger partial charge in [0.25, 0.3) is 0 Å². The molecule has 6 nitrogen and oxygen atoms in total. The van der Waals surface area contributed by atoms with Crippen molar-refractivity contribution >= 4 is 17.5 Å². The summed E-state index contributed by atoms with van der Waals surface area (Å²) in [5.41, 5.74) is 0. The summed E-state index contributed by atoms with van der Waals surface area (Å²) in [5.74, 6) is 0.437. The maximum absolute atomic E-state index is 5.83. The fourth-order valence-corrected chi connectivity index (χ4v) is 2.28. The third-order valence-electron chi connectivity index (χ3n) is 2.93. The Kier molecular flexibility index (Phi) is 4.54. The third kappa shape index (κ3) is 3.20. The van der Waals surface area contributed by atoms with Crippen LogP contribution in [-0.2, 0) is 4.74 Å². The molecule has 1 aliphatic rings. The van der Waals surface area contributed by atoms with Crippen LogP contribution in [0.2, 0.25) is 5.28 Å². The van der Waals surface area contributed by atoms with Crippen molar-refractivity contribution in [2.75, 3.05) is 19.0 Å². The second kappa shape index (κ2) is 6.15. The fourth-order valence-electron chi connectivity index (χ4n) is 2.13. The molecule has 1 aromatic heterocycles. The molecule has 2 unspecified atom stereocenters. The van der Waals surface area contributed by atoms with Gasteiger partial charge < -0.3 is 14.8 Å². The number of hydrogen-bond acceptors (Lipinski definition) is 6. The van der Waals surface area contributed by atoms with Gasteiger partial charge >= 0.3 is 6.01 Å². The Balaban J connectivity index is 2.08. The van der Waals surface area contributed by atoms with Gasteiger partial charge in [0, 0.05) is 7.11 Å². The number of ether oxygens (including phenoxy) is 2. The number of methoxy groups -OCH3 is 1. The smallest absolute Gasteiger partial charge is 0.322 e. The largest absolute Gasteiger partial charge is 0.464 e. The van der Waals surface area contributed by atoms with E-state index in [2.05, 4.69) is 20.3 Å². The predicted molar refractivity (Wildman–Crippen MR) is 68.1 cm³/mol. The fraction of sp³-hybridized carbons (Fsp3) is 0.727. The van der Waals surface area contributed by atoms with E-state index < -0.39 is 0 Å².